The van der Waals surface area contributed by atoms with Gasteiger partial charge in [0.05, 0.1) is 23.4 Å². The first-order valence-electron chi connectivity index (χ1n) is 12.7. The second-order valence-corrected chi connectivity index (χ2v) is 9.87. The highest BCUT2D eigenvalue weighted by molar-refractivity contribution is 7.22. The van der Waals surface area contributed by atoms with Crippen LogP contribution >= 0.6 is 23.7 Å². The molecule has 0 radical (unpaired) electrons. The number of ether oxygens (including phenoxy) is 1. The minimum Gasteiger partial charge on any atom is -0.491 e. The van der Waals surface area contributed by atoms with Crippen molar-refractivity contribution in [1.29, 1.82) is 0 Å². The molecule has 7 nitrogen and oxygen atoms in total. The molecular weight excluding hydrogens is 522 g/mol. The molecule has 0 saturated carbocycles. The number of hydrogen-bond acceptors (Lipinski definition) is 6. The lowest BCUT2D eigenvalue weighted by Crippen LogP contribution is -2.36. The molecule has 4 aromatic rings. The predicted octanol–water partition coefficient (Wildman–Crippen LogP) is 5.33. The van der Waals surface area contributed by atoms with E-state index in [-0.39, 0.29) is 36.2 Å². The van der Waals surface area contributed by atoms with Gasteiger partial charge in [0.25, 0.3) is 11.5 Å². The Bertz CT molecular complexity index is 1480. The van der Waals surface area contributed by atoms with Crippen LogP contribution in [-0.2, 0) is 6.54 Å². The van der Waals surface area contributed by atoms with E-state index < -0.39 is 0 Å². The maximum absolute atomic E-state index is 13.9. The van der Waals surface area contributed by atoms with Gasteiger partial charge >= 0.3 is 0 Å². The molecule has 0 fully saturated rings. The fraction of sp³-hybridized carbons (Fsp3) is 0.345. The van der Waals surface area contributed by atoms with Gasteiger partial charge in [-0.25, -0.2) is 0 Å². The molecule has 1 amide bonds. The summed E-state index contributed by atoms with van der Waals surface area (Å²) in [6.45, 7) is 9.40. The monoisotopic (exact) mass is 555 g/mol. The normalized spacial score (nSPS) is 11.1. The number of ketones is 1. The molecule has 2 aromatic carbocycles. The van der Waals surface area contributed by atoms with E-state index in [2.05, 4.69) is 18.7 Å². The van der Waals surface area contributed by atoms with Crippen molar-refractivity contribution in [1.82, 2.24) is 14.4 Å². The second kappa shape index (κ2) is 13.0. The van der Waals surface area contributed by atoms with Gasteiger partial charge < -0.3 is 14.5 Å². The molecule has 4 rings (SSSR count). The molecule has 0 spiro atoms. The SMILES string of the molecule is CCOc1c(C(=O)N(C)CCN(CC)CC)sc2c1c(=O)n(CC(=O)c1ccccc1)c1ccccc21.Cl. The van der Waals surface area contributed by atoms with Crippen molar-refractivity contribution in [2.24, 2.45) is 0 Å². The number of para-hydroxylation sites is 1. The van der Waals surface area contributed by atoms with Crippen molar-refractivity contribution in [2.45, 2.75) is 27.3 Å². The van der Waals surface area contributed by atoms with Gasteiger partial charge in [-0.3, -0.25) is 19.0 Å². The molecule has 0 aliphatic carbocycles. The topological polar surface area (TPSA) is 71.8 Å². The predicted molar refractivity (Wildman–Crippen MR) is 158 cm³/mol. The highest BCUT2D eigenvalue weighted by atomic mass is 35.5. The lowest BCUT2D eigenvalue weighted by Gasteiger charge is -2.23. The molecule has 0 N–H and O–H groups in total. The molecule has 0 unspecified atom stereocenters. The molecule has 0 saturated heterocycles. The first-order valence-corrected chi connectivity index (χ1v) is 13.5. The Morgan fingerprint density at radius 3 is 2.26 bits per heavy atom. The number of amides is 1. The third-order valence-electron chi connectivity index (χ3n) is 6.64. The summed E-state index contributed by atoms with van der Waals surface area (Å²) < 4.78 is 8.16. The van der Waals surface area contributed by atoms with Gasteiger partial charge in [0, 0.05) is 31.1 Å². The molecule has 0 aliphatic rings. The fourth-order valence-electron chi connectivity index (χ4n) is 4.49. The molecule has 202 valence electrons. The van der Waals surface area contributed by atoms with E-state index in [1.807, 2.05) is 37.3 Å². The smallest absolute Gasteiger partial charge is 0.267 e. The number of aromatic nitrogens is 1. The van der Waals surface area contributed by atoms with Crippen LogP contribution in [0.4, 0.5) is 0 Å². The standard InChI is InChI=1S/C29H33N3O4S.ClH/c1-5-31(6-2)18-17-30(4)29(35)27-25(36-7-3)24-26(37-27)21-15-11-12-16-22(21)32(28(24)34)19-23(33)20-13-9-8-10-14-20;/h8-16H,5-7,17-19H2,1-4H3;1H. The summed E-state index contributed by atoms with van der Waals surface area (Å²) in [5.41, 5.74) is 0.865. The van der Waals surface area contributed by atoms with E-state index in [0.717, 1.165) is 25.0 Å². The zero-order chi connectivity index (χ0) is 26.5. The average Bonchev–Trinajstić information content (AvgIpc) is 3.31. The zero-order valence-corrected chi connectivity index (χ0v) is 23.9. The largest absolute Gasteiger partial charge is 0.491 e. The van der Waals surface area contributed by atoms with E-state index in [9.17, 15) is 14.4 Å². The number of carbonyl (C=O) groups excluding carboxylic acids is 2. The van der Waals surface area contributed by atoms with Crippen LogP contribution in [0.5, 0.6) is 5.75 Å². The van der Waals surface area contributed by atoms with E-state index in [1.165, 1.54) is 15.9 Å². The van der Waals surface area contributed by atoms with Crippen LogP contribution in [0.25, 0.3) is 21.0 Å². The summed E-state index contributed by atoms with van der Waals surface area (Å²) in [5, 5.41) is 1.17. The quantitative estimate of drug-likeness (QED) is 0.234. The first-order chi connectivity index (χ1) is 17.9. The lowest BCUT2D eigenvalue weighted by molar-refractivity contribution is 0.0780. The third-order valence-corrected chi connectivity index (χ3v) is 7.83. The number of thiophene rings is 1. The Balaban J connectivity index is 0.00000400. The molecule has 0 aliphatic heterocycles. The summed E-state index contributed by atoms with van der Waals surface area (Å²) >= 11 is 1.29. The van der Waals surface area contributed by atoms with E-state index in [4.69, 9.17) is 4.74 Å². The van der Waals surface area contributed by atoms with Crippen molar-refractivity contribution in [2.75, 3.05) is 39.8 Å². The van der Waals surface area contributed by atoms with Gasteiger partial charge in [-0.15, -0.1) is 23.7 Å². The van der Waals surface area contributed by atoms with Gasteiger partial charge in [0.1, 0.15) is 10.3 Å². The highest BCUT2D eigenvalue weighted by Crippen LogP contribution is 2.40. The Kier molecular flexibility index (Phi) is 10.1. The van der Waals surface area contributed by atoms with Gasteiger partial charge in [0.15, 0.2) is 11.5 Å². The summed E-state index contributed by atoms with van der Waals surface area (Å²) in [6.07, 6.45) is 0. The molecular formula is C29H34ClN3O4S. The molecule has 0 atom stereocenters. The zero-order valence-electron chi connectivity index (χ0n) is 22.2. The number of rotatable bonds is 11. The molecule has 2 aromatic heterocycles. The Labute approximate surface area is 233 Å². The summed E-state index contributed by atoms with van der Waals surface area (Å²) in [5.74, 6) is -0.0288. The minimum atomic E-state index is -0.331. The van der Waals surface area contributed by atoms with Crippen molar-refractivity contribution in [3.63, 3.8) is 0 Å². The maximum atomic E-state index is 13.9. The van der Waals surface area contributed by atoms with Crippen LogP contribution in [0.15, 0.2) is 59.4 Å². The summed E-state index contributed by atoms with van der Waals surface area (Å²) in [7, 11) is 1.78. The number of benzene rings is 2. The Hall–Kier alpha value is -3.20. The number of halogens is 1. The van der Waals surface area contributed by atoms with Crippen LogP contribution in [0.3, 0.4) is 0 Å². The Morgan fingerprint density at radius 2 is 1.61 bits per heavy atom. The fourth-order valence-corrected chi connectivity index (χ4v) is 5.76. The van der Waals surface area contributed by atoms with Crippen LogP contribution in [-0.4, -0.2) is 65.9 Å². The number of carbonyl (C=O) groups is 2. The first kappa shape index (κ1) is 29.4. The van der Waals surface area contributed by atoms with Crippen LogP contribution in [0.1, 0.15) is 40.8 Å². The van der Waals surface area contributed by atoms with Crippen molar-refractivity contribution < 1.29 is 14.3 Å². The van der Waals surface area contributed by atoms with E-state index in [1.54, 1.807) is 36.2 Å². The number of hydrogen-bond donors (Lipinski definition) is 0. The van der Waals surface area contributed by atoms with E-state index >= 15 is 0 Å². The molecule has 9 heteroatoms. The maximum Gasteiger partial charge on any atom is 0.267 e. The summed E-state index contributed by atoms with van der Waals surface area (Å²) in [6, 6.07) is 16.5. The van der Waals surface area contributed by atoms with Gasteiger partial charge in [-0.1, -0.05) is 62.4 Å². The van der Waals surface area contributed by atoms with Crippen molar-refractivity contribution in [3.8, 4) is 5.75 Å². The number of Topliss-reactive ketones (excluding diaryl/α,β-unsaturated/α-hetero) is 1. The number of fused-ring (bicyclic) bond motifs is 3. The molecule has 38 heavy (non-hydrogen) atoms. The number of nitrogens with zero attached hydrogens (tertiary/aromatic N) is 3. The number of likely N-dealkylation sites (N-methyl/N-ethyl adjacent to an activating group) is 2. The molecule has 2 heterocycles. The van der Waals surface area contributed by atoms with Crippen molar-refractivity contribution in [3.05, 3.63) is 75.4 Å². The van der Waals surface area contributed by atoms with Crippen LogP contribution in [0.2, 0.25) is 0 Å². The van der Waals surface area contributed by atoms with E-state index in [0.29, 0.717) is 44.9 Å². The lowest BCUT2D eigenvalue weighted by atomic mass is 10.1. The average molecular weight is 556 g/mol. The van der Waals surface area contributed by atoms with Gasteiger partial charge in [-0.05, 0) is 26.1 Å². The second-order valence-electron chi connectivity index (χ2n) is 8.85. The minimum absolute atomic E-state index is 0. The highest BCUT2D eigenvalue weighted by Gasteiger charge is 2.27. The number of pyridine rings is 1. The van der Waals surface area contributed by atoms with Crippen LogP contribution < -0.4 is 10.3 Å². The summed E-state index contributed by atoms with van der Waals surface area (Å²) in [4.78, 5) is 44.9. The van der Waals surface area contributed by atoms with Crippen LogP contribution in [0, 0.1) is 0 Å². The molecule has 0 bridgehead atoms. The third kappa shape index (κ3) is 5.77. The van der Waals surface area contributed by atoms with Gasteiger partial charge in [-0.2, -0.15) is 0 Å². The van der Waals surface area contributed by atoms with Crippen molar-refractivity contribution >= 4 is 56.4 Å². The Morgan fingerprint density at radius 1 is 0.947 bits per heavy atom. The van der Waals surface area contributed by atoms with Gasteiger partial charge in [0.2, 0.25) is 0 Å².